The van der Waals surface area contributed by atoms with Crippen molar-refractivity contribution in [2.24, 2.45) is 0 Å². The van der Waals surface area contributed by atoms with Gasteiger partial charge >= 0.3 is 0 Å². The highest BCUT2D eigenvalue weighted by atomic mass is 35.5. The number of nitrogen functional groups attached to an aromatic ring is 1. The number of benzene rings is 1. The smallest absolute Gasteiger partial charge is 0.159 e. The van der Waals surface area contributed by atoms with Crippen molar-refractivity contribution in [3.63, 3.8) is 0 Å². The van der Waals surface area contributed by atoms with Crippen molar-refractivity contribution in [3.05, 3.63) is 41.4 Å². The number of aryl methyl sites for hydroxylation is 1. The summed E-state index contributed by atoms with van der Waals surface area (Å²) in [7, 11) is 0. The summed E-state index contributed by atoms with van der Waals surface area (Å²) in [5, 5.41) is 0.681. The van der Waals surface area contributed by atoms with E-state index in [1.165, 1.54) is 0 Å². The molecule has 0 aliphatic rings. The molecule has 0 radical (unpaired) electrons. The van der Waals surface area contributed by atoms with Gasteiger partial charge in [0.1, 0.15) is 11.5 Å². The molecule has 96 valence electrons. The first-order valence-electron chi connectivity index (χ1n) is 6.07. The highest BCUT2D eigenvalue weighted by molar-refractivity contribution is 6.31. The Morgan fingerprint density at radius 2 is 2.05 bits per heavy atom. The van der Waals surface area contributed by atoms with E-state index in [2.05, 4.69) is 21.5 Å². The predicted octanol–water partition coefficient (Wildman–Crippen LogP) is 3.35. The molecule has 0 fully saturated rings. The van der Waals surface area contributed by atoms with Crippen molar-refractivity contribution < 1.29 is 0 Å². The molecule has 1 aromatic carbocycles. The lowest BCUT2D eigenvalue weighted by Gasteiger charge is -2.05. The lowest BCUT2D eigenvalue weighted by molar-refractivity contribution is 0.793. The summed E-state index contributed by atoms with van der Waals surface area (Å²) in [5.41, 5.74) is 8.43. The second-order valence-corrected chi connectivity index (χ2v) is 4.70. The molecule has 0 saturated carbocycles. The molecular formula is C14H13ClN4. The molecule has 0 aliphatic carbocycles. The number of aromatic nitrogens is 3. The normalized spacial score (nSPS) is 11.1. The fourth-order valence-electron chi connectivity index (χ4n) is 2.19. The van der Waals surface area contributed by atoms with Crippen LogP contribution >= 0.6 is 11.6 Å². The van der Waals surface area contributed by atoms with Crippen LogP contribution in [0, 0.1) is 0 Å². The Morgan fingerprint density at radius 1 is 1.21 bits per heavy atom. The number of nitrogens with zero attached hydrogens (tertiary/aromatic N) is 3. The minimum Gasteiger partial charge on any atom is -0.384 e. The fourth-order valence-corrected chi connectivity index (χ4v) is 2.36. The standard InChI is InChI=1S/C14H13ClN4/c1-2-19-12-7-6-9(15)8-11(12)18-14(19)10-4-3-5-13(16)17-10/h3-8H,2H2,1H3,(H2,16,17). The van der Waals surface area contributed by atoms with Crippen LogP contribution in [-0.4, -0.2) is 14.5 Å². The molecular weight excluding hydrogens is 260 g/mol. The Morgan fingerprint density at radius 3 is 2.79 bits per heavy atom. The van der Waals surface area contributed by atoms with E-state index in [9.17, 15) is 0 Å². The maximum Gasteiger partial charge on any atom is 0.159 e. The molecule has 0 aliphatic heterocycles. The van der Waals surface area contributed by atoms with Gasteiger partial charge in [-0.3, -0.25) is 0 Å². The van der Waals surface area contributed by atoms with Gasteiger partial charge in [-0.2, -0.15) is 0 Å². The van der Waals surface area contributed by atoms with Gasteiger partial charge in [0.15, 0.2) is 5.82 Å². The highest BCUT2D eigenvalue weighted by Gasteiger charge is 2.12. The van der Waals surface area contributed by atoms with Crippen LogP contribution in [0.25, 0.3) is 22.6 Å². The Labute approximate surface area is 115 Å². The van der Waals surface area contributed by atoms with E-state index in [4.69, 9.17) is 17.3 Å². The fraction of sp³-hybridized carbons (Fsp3) is 0.143. The van der Waals surface area contributed by atoms with Crippen LogP contribution in [0.5, 0.6) is 0 Å². The SMILES string of the molecule is CCn1c(-c2cccc(N)n2)nc2cc(Cl)ccc21. The Balaban J connectivity index is 2.28. The number of fused-ring (bicyclic) bond motifs is 1. The molecule has 2 heterocycles. The molecule has 3 rings (SSSR count). The summed E-state index contributed by atoms with van der Waals surface area (Å²) in [6, 6.07) is 11.3. The van der Waals surface area contributed by atoms with Crippen molar-refractivity contribution in [1.29, 1.82) is 0 Å². The molecule has 0 saturated heterocycles. The number of imidazole rings is 1. The van der Waals surface area contributed by atoms with Crippen molar-refractivity contribution in [2.45, 2.75) is 13.5 Å². The molecule has 2 N–H and O–H groups in total. The average molecular weight is 273 g/mol. The predicted molar refractivity (Wildman–Crippen MR) is 78.1 cm³/mol. The number of nitrogens with two attached hydrogens (primary N) is 1. The third-order valence-electron chi connectivity index (χ3n) is 3.03. The van der Waals surface area contributed by atoms with Crippen molar-refractivity contribution in [2.75, 3.05) is 5.73 Å². The van der Waals surface area contributed by atoms with Gasteiger partial charge in [-0.05, 0) is 37.3 Å². The second-order valence-electron chi connectivity index (χ2n) is 4.26. The van der Waals surface area contributed by atoms with Crippen LogP contribution in [0.4, 0.5) is 5.82 Å². The van der Waals surface area contributed by atoms with Crippen LogP contribution in [0.1, 0.15) is 6.92 Å². The zero-order valence-corrected chi connectivity index (χ0v) is 11.2. The van der Waals surface area contributed by atoms with Crippen LogP contribution in [0.2, 0.25) is 5.02 Å². The Bertz CT molecular complexity index is 748. The minimum atomic E-state index is 0.491. The molecule has 0 atom stereocenters. The van der Waals surface area contributed by atoms with Gasteiger partial charge < -0.3 is 10.3 Å². The maximum atomic E-state index is 6.01. The summed E-state index contributed by atoms with van der Waals surface area (Å²) in [5.74, 6) is 1.30. The average Bonchev–Trinajstić information content (AvgIpc) is 2.76. The Hall–Kier alpha value is -2.07. The summed E-state index contributed by atoms with van der Waals surface area (Å²) < 4.78 is 2.10. The second kappa shape index (κ2) is 4.55. The van der Waals surface area contributed by atoms with E-state index in [-0.39, 0.29) is 0 Å². The molecule has 19 heavy (non-hydrogen) atoms. The van der Waals surface area contributed by atoms with Crippen molar-refractivity contribution >= 4 is 28.5 Å². The molecule has 0 unspecified atom stereocenters. The van der Waals surface area contributed by atoms with Crippen LogP contribution in [0.3, 0.4) is 0 Å². The van der Waals surface area contributed by atoms with Gasteiger partial charge in [0.2, 0.25) is 0 Å². The molecule has 0 spiro atoms. The zero-order chi connectivity index (χ0) is 13.4. The lowest BCUT2D eigenvalue weighted by Crippen LogP contribution is -2.00. The van der Waals surface area contributed by atoms with Gasteiger partial charge in [0, 0.05) is 11.6 Å². The number of halogens is 1. The van der Waals surface area contributed by atoms with E-state index in [0.29, 0.717) is 10.8 Å². The number of hydrogen-bond donors (Lipinski definition) is 1. The number of rotatable bonds is 2. The van der Waals surface area contributed by atoms with Crippen LogP contribution in [-0.2, 0) is 6.54 Å². The van der Waals surface area contributed by atoms with E-state index in [0.717, 1.165) is 29.1 Å². The van der Waals surface area contributed by atoms with E-state index in [1.807, 2.05) is 30.3 Å². The van der Waals surface area contributed by atoms with E-state index >= 15 is 0 Å². The van der Waals surface area contributed by atoms with Gasteiger partial charge in [0.05, 0.1) is 11.0 Å². The summed E-state index contributed by atoms with van der Waals surface area (Å²) in [6.07, 6.45) is 0. The number of hydrogen-bond acceptors (Lipinski definition) is 3. The lowest BCUT2D eigenvalue weighted by atomic mass is 10.3. The van der Waals surface area contributed by atoms with Crippen LogP contribution < -0.4 is 5.73 Å². The topological polar surface area (TPSA) is 56.7 Å². The third kappa shape index (κ3) is 2.04. The summed E-state index contributed by atoms with van der Waals surface area (Å²) in [4.78, 5) is 8.95. The molecule has 2 aromatic heterocycles. The van der Waals surface area contributed by atoms with E-state index in [1.54, 1.807) is 6.07 Å². The maximum absolute atomic E-state index is 6.01. The minimum absolute atomic E-state index is 0.491. The van der Waals surface area contributed by atoms with Gasteiger partial charge in [-0.15, -0.1) is 0 Å². The van der Waals surface area contributed by atoms with Gasteiger partial charge in [-0.25, -0.2) is 9.97 Å². The monoisotopic (exact) mass is 272 g/mol. The highest BCUT2D eigenvalue weighted by Crippen LogP contribution is 2.26. The van der Waals surface area contributed by atoms with E-state index < -0.39 is 0 Å². The molecule has 0 bridgehead atoms. The summed E-state index contributed by atoms with van der Waals surface area (Å²) in [6.45, 7) is 2.88. The Kier molecular flexibility index (Phi) is 2.87. The van der Waals surface area contributed by atoms with Gasteiger partial charge in [0.25, 0.3) is 0 Å². The van der Waals surface area contributed by atoms with Gasteiger partial charge in [-0.1, -0.05) is 17.7 Å². The molecule has 0 amide bonds. The molecule has 5 heteroatoms. The van der Waals surface area contributed by atoms with Crippen molar-refractivity contribution in [1.82, 2.24) is 14.5 Å². The zero-order valence-electron chi connectivity index (χ0n) is 10.5. The third-order valence-corrected chi connectivity index (χ3v) is 3.26. The number of pyridine rings is 1. The molecule has 4 nitrogen and oxygen atoms in total. The number of anilines is 1. The first kappa shape index (κ1) is 12.0. The quantitative estimate of drug-likeness (QED) is 0.778. The summed E-state index contributed by atoms with van der Waals surface area (Å²) >= 11 is 6.01. The largest absolute Gasteiger partial charge is 0.384 e. The van der Waals surface area contributed by atoms with Crippen molar-refractivity contribution in [3.8, 4) is 11.5 Å². The van der Waals surface area contributed by atoms with Crippen LogP contribution in [0.15, 0.2) is 36.4 Å². The first-order valence-corrected chi connectivity index (χ1v) is 6.45. The first-order chi connectivity index (χ1) is 9.19. The molecule has 3 aromatic rings.